The summed E-state index contributed by atoms with van der Waals surface area (Å²) >= 11 is 0. The maximum Gasteiger partial charge on any atom is 0.0746 e. The van der Waals surface area contributed by atoms with E-state index in [0.717, 1.165) is 25.9 Å². The molecule has 1 saturated heterocycles. The Labute approximate surface area is 118 Å². The highest BCUT2D eigenvalue weighted by Gasteiger charge is 2.36. The average Bonchev–Trinajstić information content (AvgIpc) is 2.54. The summed E-state index contributed by atoms with van der Waals surface area (Å²) in [4.78, 5) is 2.52. The van der Waals surface area contributed by atoms with Gasteiger partial charge in [-0.3, -0.25) is 4.90 Å². The fourth-order valence-electron chi connectivity index (χ4n) is 4.18. The summed E-state index contributed by atoms with van der Waals surface area (Å²) in [6, 6.07) is 0. The number of nitrogens with zero attached hydrogens (tertiary/aromatic N) is 1. The molecule has 0 spiro atoms. The van der Waals surface area contributed by atoms with Gasteiger partial charge >= 0.3 is 0 Å². The molecule has 2 aliphatic rings. The summed E-state index contributed by atoms with van der Waals surface area (Å²) in [6.45, 7) is 6.33. The normalized spacial score (nSPS) is 33.0. The van der Waals surface area contributed by atoms with Crippen molar-refractivity contribution in [2.45, 2.75) is 63.9 Å². The van der Waals surface area contributed by atoms with Gasteiger partial charge in [0.25, 0.3) is 0 Å². The molecule has 0 amide bonds. The zero-order valence-electron chi connectivity index (χ0n) is 12.9. The van der Waals surface area contributed by atoms with E-state index in [9.17, 15) is 5.11 Å². The van der Waals surface area contributed by atoms with Crippen molar-refractivity contribution in [3.05, 3.63) is 0 Å². The van der Waals surface area contributed by atoms with Crippen LogP contribution in [0.2, 0.25) is 0 Å². The molecule has 0 bridgehead atoms. The van der Waals surface area contributed by atoms with Gasteiger partial charge in [-0.1, -0.05) is 25.7 Å². The van der Waals surface area contributed by atoms with Crippen molar-refractivity contribution in [3.63, 3.8) is 0 Å². The SMILES string of the molecule is CNCC1(CN2CCCC(C)(O)C2)CCCCCC1. The van der Waals surface area contributed by atoms with Gasteiger partial charge in [0.05, 0.1) is 5.60 Å². The molecular weight excluding hydrogens is 236 g/mol. The number of hydrogen-bond donors (Lipinski definition) is 2. The van der Waals surface area contributed by atoms with Crippen LogP contribution >= 0.6 is 0 Å². The van der Waals surface area contributed by atoms with Crippen LogP contribution in [0.4, 0.5) is 0 Å². The van der Waals surface area contributed by atoms with Gasteiger partial charge in [-0.25, -0.2) is 0 Å². The summed E-state index contributed by atoms with van der Waals surface area (Å²) < 4.78 is 0. The van der Waals surface area contributed by atoms with E-state index in [1.54, 1.807) is 0 Å². The Hall–Kier alpha value is -0.120. The summed E-state index contributed by atoms with van der Waals surface area (Å²) in [7, 11) is 2.08. The van der Waals surface area contributed by atoms with Crippen LogP contribution < -0.4 is 5.32 Å². The molecule has 0 aromatic rings. The van der Waals surface area contributed by atoms with E-state index in [4.69, 9.17) is 0 Å². The smallest absolute Gasteiger partial charge is 0.0746 e. The number of rotatable bonds is 4. The Bertz CT molecular complexity index is 270. The standard InChI is InChI=1S/C16H32N2O/c1-15(19)8-7-11-18(13-15)14-16(12-17-2)9-5-3-4-6-10-16/h17,19H,3-14H2,1-2H3. The molecule has 0 radical (unpaired) electrons. The van der Waals surface area contributed by atoms with Crippen LogP contribution in [0.5, 0.6) is 0 Å². The zero-order chi connectivity index (χ0) is 13.8. The second kappa shape index (κ2) is 6.55. The van der Waals surface area contributed by atoms with E-state index >= 15 is 0 Å². The fraction of sp³-hybridized carbons (Fsp3) is 1.00. The molecule has 1 aliphatic carbocycles. The molecule has 1 aliphatic heterocycles. The number of aliphatic hydroxyl groups is 1. The Balaban J connectivity index is 1.98. The van der Waals surface area contributed by atoms with Gasteiger partial charge in [-0.2, -0.15) is 0 Å². The third-order valence-corrected chi connectivity index (χ3v) is 5.03. The molecule has 2 rings (SSSR count). The molecule has 0 aromatic carbocycles. The first-order chi connectivity index (χ1) is 9.05. The highest BCUT2D eigenvalue weighted by molar-refractivity contribution is 4.90. The Morgan fingerprint density at radius 1 is 1.05 bits per heavy atom. The zero-order valence-corrected chi connectivity index (χ0v) is 12.9. The van der Waals surface area contributed by atoms with Crippen LogP contribution in [-0.2, 0) is 0 Å². The van der Waals surface area contributed by atoms with Crippen molar-refractivity contribution in [1.82, 2.24) is 10.2 Å². The molecule has 1 heterocycles. The van der Waals surface area contributed by atoms with Crippen molar-refractivity contribution >= 4 is 0 Å². The minimum atomic E-state index is -0.468. The number of likely N-dealkylation sites (tertiary alicyclic amines) is 1. The third-order valence-electron chi connectivity index (χ3n) is 5.03. The minimum absolute atomic E-state index is 0.443. The Morgan fingerprint density at radius 3 is 2.32 bits per heavy atom. The van der Waals surface area contributed by atoms with Crippen molar-refractivity contribution in [3.8, 4) is 0 Å². The molecular formula is C16H32N2O. The van der Waals surface area contributed by atoms with Gasteiger partial charge in [0.2, 0.25) is 0 Å². The van der Waals surface area contributed by atoms with Crippen molar-refractivity contribution in [2.24, 2.45) is 5.41 Å². The van der Waals surface area contributed by atoms with Crippen LogP contribution in [0.3, 0.4) is 0 Å². The lowest BCUT2D eigenvalue weighted by Crippen LogP contribution is -2.51. The van der Waals surface area contributed by atoms with E-state index < -0.39 is 5.60 Å². The fourth-order valence-corrected chi connectivity index (χ4v) is 4.18. The van der Waals surface area contributed by atoms with E-state index in [-0.39, 0.29) is 0 Å². The van der Waals surface area contributed by atoms with Gasteiger partial charge in [0.15, 0.2) is 0 Å². The molecule has 19 heavy (non-hydrogen) atoms. The number of β-amino-alcohol motifs (C(OH)–C–C–N with tert-alkyl or cyclic N) is 1. The molecule has 112 valence electrons. The van der Waals surface area contributed by atoms with Crippen LogP contribution in [0, 0.1) is 5.41 Å². The monoisotopic (exact) mass is 268 g/mol. The topological polar surface area (TPSA) is 35.5 Å². The van der Waals surface area contributed by atoms with Crippen LogP contribution in [0.1, 0.15) is 58.3 Å². The first kappa shape index (κ1) is 15.3. The number of piperidine rings is 1. The van der Waals surface area contributed by atoms with E-state index in [2.05, 4.69) is 17.3 Å². The van der Waals surface area contributed by atoms with Crippen LogP contribution in [-0.4, -0.2) is 48.8 Å². The molecule has 1 atom stereocenters. The van der Waals surface area contributed by atoms with Gasteiger partial charge in [-0.05, 0) is 51.6 Å². The van der Waals surface area contributed by atoms with Gasteiger partial charge in [0.1, 0.15) is 0 Å². The molecule has 2 N–H and O–H groups in total. The van der Waals surface area contributed by atoms with Gasteiger partial charge < -0.3 is 10.4 Å². The first-order valence-electron chi connectivity index (χ1n) is 8.15. The van der Waals surface area contributed by atoms with Crippen LogP contribution in [0.25, 0.3) is 0 Å². The minimum Gasteiger partial charge on any atom is -0.389 e. The molecule has 3 heteroatoms. The molecule has 0 aromatic heterocycles. The Morgan fingerprint density at radius 2 is 1.74 bits per heavy atom. The van der Waals surface area contributed by atoms with E-state index in [1.165, 1.54) is 51.6 Å². The summed E-state index contributed by atoms with van der Waals surface area (Å²) in [5.74, 6) is 0. The van der Waals surface area contributed by atoms with Crippen molar-refractivity contribution in [2.75, 3.05) is 33.2 Å². The van der Waals surface area contributed by atoms with Crippen molar-refractivity contribution < 1.29 is 5.11 Å². The third kappa shape index (κ3) is 4.44. The molecule has 1 unspecified atom stereocenters. The highest BCUT2D eigenvalue weighted by Crippen LogP contribution is 2.36. The summed E-state index contributed by atoms with van der Waals surface area (Å²) in [5, 5.41) is 13.7. The summed E-state index contributed by atoms with van der Waals surface area (Å²) in [5.41, 5.74) is -0.0253. The lowest BCUT2D eigenvalue weighted by atomic mass is 9.79. The van der Waals surface area contributed by atoms with Crippen molar-refractivity contribution in [1.29, 1.82) is 0 Å². The maximum absolute atomic E-state index is 10.3. The number of nitrogens with one attached hydrogen (secondary N) is 1. The lowest BCUT2D eigenvalue weighted by Gasteiger charge is -2.43. The van der Waals surface area contributed by atoms with Crippen LogP contribution in [0.15, 0.2) is 0 Å². The van der Waals surface area contributed by atoms with Gasteiger partial charge in [-0.15, -0.1) is 0 Å². The molecule has 1 saturated carbocycles. The van der Waals surface area contributed by atoms with E-state index in [1.807, 2.05) is 6.92 Å². The second-order valence-electron chi connectivity index (χ2n) is 7.26. The number of hydrogen-bond acceptors (Lipinski definition) is 3. The molecule has 3 nitrogen and oxygen atoms in total. The quantitative estimate of drug-likeness (QED) is 0.769. The predicted octanol–water partition coefficient (Wildman–Crippen LogP) is 2.39. The average molecular weight is 268 g/mol. The lowest BCUT2D eigenvalue weighted by molar-refractivity contribution is -0.0302. The molecule has 2 fully saturated rings. The highest BCUT2D eigenvalue weighted by atomic mass is 16.3. The predicted molar refractivity (Wildman–Crippen MR) is 80.4 cm³/mol. The summed E-state index contributed by atoms with van der Waals surface area (Å²) in [6.07, 6.45) is 10.4. The maximum atomic E-state index is 10.3. The Kier molecular flexibility index (Phi) is 5.27. The largest absolute Gasteiger partial charge is 0.389 e. The van der Waals surface area contributed by atoms with Gasteiger partial charge in [0, 0.05) is 19.6 Å². The second-order valence-corrected chi connectivity index (χ2v) is 7.26. The van der Waals surface area contributed by atoms with E-state index in [0.29, 0.717) is 5.41 Å². The first-order valence-corrected chi connectivity index (χ1v) is 8.15.